The highest BCUT2D eigenvalue weighted by Gasteiger charge is 2.09. The summed E-state index contributed by atoms with van der Waals surface area (Å²) < 4.78 is 14.9. The molecule has 18 heavy (non-hydrogen) atoms. The molecule has 94 valence electrons. The van der Waals surface area contributed by atoms with E-state index in [4.69, 9.17) is 5.11 Å². The Morgan fingerprint density at radius 2 is 2.11 bits per heavy atom. The van der Waals surface area contributed by atoms with Gasteiger partial charge in [-0.2, -0.15) is 5.10 Å². The highest BCUT2D eigenvalue weighted by atomic mass is 19.1. The lowest BCUT2D eigenvalue weighted by Crippen LogP contribution is -2.06. The molecule has 6 heteroatoms. The van der Waals surface area contributed by atoms with E-state index < -0.39 is 11.8 Å². The molecule has 1 N–H and O–H groups in total. The smallest absolute Gasteiger partial charge is 0.335 e. The van der Waals surface area contributed by atoms with Gasteiger partial charge in [0.25, 0.3) is 0 Å². The minimum atomic E-state index is -1.15. The van der Waals surface area contributed by atoms with Crippen molar-refractivity contribution in [2.45, 2.75) is 20.4 Å². The molecule has 0 amide bonds. The van der Waals surface area contributed by atoms with E-state index >= 15 is 0 Å². The van der Waals surface area contributed by atoms with Gasteiger partial charge in [-0.3, -0.25) is 0 Å². The fraction of sp³-hybridized carbons (Fsp3) is 0.250. The van der Waals surface area contributed by atoms with Gasteiger partial charge in [0.05, 0.1) is 12.1 Å². The molecule has 2 rings (SSSR count). The molecule has 1 aromatic heterocycles. The van der Waals surface area contributed by atoms with E-state index in [1.54, 1.807) is 18.5 Å². The molecule has 0 radical (unpaired) electrons. The molecule has 0 saturated carbocycles. The van der Waals surface area contributed by atoms with Gasteiger partial charge in [-0.25, -0.2) is 18.9 Å². The Kier molecular flexibility index (Phi) is 3.10. The van der Waals surface area contributed by atoms with Crippen LogP contribution in [0.5, 0.6) is 0 Å². The maximum atomic E-state index is 13.3. The fourth-order valence-corrected chi connectivity index (χ4v) is 1.75. The molecular formula is C12H12FN3O2. The van der Waals surface area contributed by atoms with Gasteiger partial charge in [0.1, 0.15) is 17.5 Å². The highest BCUT2D eigenvalue weighted by Crippen LogP contribution is 2.11. The number of hydrogen-bond acceptors (Lipinski definition) is 3. The molecule has 0 atom stereocenters. The number of aromatic nitrogens is 3. The zero-order chi connectivity index (χ0) is 13.3. The summed E-state index contributed by atoms with van der Waals surface area (Å²) >= 11 is 0. The van der Waals surface area contributed by atoms with E-state index in [0.29, 0.717) is 23.8 Å². The Morgan fingerprint density at radius 1 is 1.39 bits per heavy atom. The minimum Gasteiger partial charge on any atom is -0.478 e. The maximum Gasteiger partial charge on any atom is 0.335 e. The van der Waals surface area contributed by atoms with Crippen molar-refractivity contribution in [2.24, 2.45) is 0 Å². The van der Waals surface area contributed by atoms with E-state index in [1.807, 2.05) is 0 Å². The van der Waals surface area contributed by atoms with Crippen LogP contribution in [0.25, 0.3) is 0 Å². The molecule has 0 saturated heterocycles. The number of aromatic carboxylic acids is 1. The third-order valence-corrected chi connectivity index (χ3v) is 2.50. The number of aryl methyl sites for hydroxylation is 2. The number of nitrogens with zero attached hydrogens (tertiary/aromatic N) is 3. The van der Waals surface area contributed by atoms with E-state index in [0.717, 1.165) is 6.07 Å². The van der Waals surface area contributed by atoms with E-state index in [-0.39, 0.29) is 5.56 Å². The van der Waals surface area contributed by atoms with Crippen LogP contribution in [-0.4, -0.2) is 25.8 Å². The summed E-state index contributed by atoms with van der Waals surface area (Å²) in [6, 6.07) is 3.72. The summed E-state index contributed by atoms with van der Waals surface area (Å²) in [5.74, 6) is -0.391. The van der Waals surface area contributed by atoms with Crippen molar-refractivity contribution < 1.29 is 14.3 Å². The van der Waals surface area contributed by atoms with Crippen molar-refractivity contribution in [3.8, 4) is 0 Å². The van der Waals surface area contributed by atoms with Crippen LogP contribution < -0.4 is 0 Å². The number of halogens is 1. The van der Waals surface area contributed by atoms with Gasteiger partial charge in [0, 0.05) is 0 Å². The fourth-order valence-electron chi connectivity index (χ4n) is 1.75. The summed E-state index contributed by atoms with van der Waals surface area (Å²) in [4.78, 5) is 15.0. The van der Waals surface area contributed by atoms with Crippen molar-refractivity contribution in [1.82, 2.24) is 14.8 Å². The Morgan fingerprint density at radius 3 is 2.67 bits per heavy atom. The van der Waals surface area contributed by atoms with E-state index in [1.165, 1.54) is 12.1 Å². The lowest BCUT2D eigenvalue weighted by atomic mass is 10.1. The standard InChI is InChI=1S/C12H12FN3O2/c1-7-14-8(2)16(15-7)6-9-3-10(12(17)18)5-11(13)4-9/h3-5H,6H2,1-2H3,(H,17,18). The Bertz CT molecular complexity index is 607. The lowest BCUT2D eigenvalue weighted by Gasteiger charge is -2.05. The SMILES string of the molecule is Cc1nc(C)n(Cc2cc(F)cc(C(=O)O)c2)n1. The summed E-state index contributed by atoms with van der Waals surface area (Å²) in [5, 5.41) is 13.0. The first-order chi connectivity index (χ1) is 8.45. The molecule has 0 bridgehead atoms. The highest BCUT2D eigenvalue weighted by molar-refractivity contribution is 5.87. The van der Waals surface area contributed by atoms with Crippen molar-refractivity contribution in [3.05, 3.63) is 46.8 Å². The van der Waals surface area contributed by atoms with Gasteiger partial charge in [-0.15, -0.1) is 0 Å². The van der Waals surface area contributed by atoms with Crippen LogP contribution in [0.2, 0.25) is 0 Å². The Balaban J connectivity index is 2.34. The molecule has 0 spiro atoms. The van der Waals surface area contributed by atoms with E-state index in [9.17, 15) is 9.18 Å². The zero-order valence-electron chi connectivity index (χ0n) is 10.0. The number of rotatable bonds is 3. The van der Waals surface area contributed by atoms with Crippen molar-refractivity contribution in [3.63, 3.8) is 0 Å². The van der Waals surface area contributed by atoms with Crippen LogP contribution in [0.1, 0.15) is 27.6 Å². The van der Waals surface area contributed by atoms with Crippen LogP contribution in [0.4, 0.5) is 4.39 Å². The van der Waals surface area contributed by atoms with E-state index in [2.05, 4.69) is 10.1 Å². The first-order valence-corrected chi connectivity index (χ1v) is 5.36. The molecule has 5 nitrogen and oxygen atoms in total. The predicted molar refractivity (Wildman–Crippen MR) is 62.0 cm³/mol. The summed E-state index contributed by atoms with van der Waals surface area (Å²) in [6.07, 6.45) is 0. The van der Waals surface area contributed by atoms with Gasteiger partial charge < -0.3 is 5.11 Å². The Hall–Kier alpha value is -2.24. The van der Waals surface area contributed by atoms with Crippen LogP contribution >= 0.6 is 0 Å². The lowest BCUT2D eigenvalue weighted by molar-refractivity contribution is 0.0696. The first kappa shape index (κ1) is 12.2. The number of hydrogen-bond donors (Lipinski definition) is 1. The number of carboxylic acid groups (broad SMARTS) is 1. The summed E-state index contributed by atoms with van der Waals surface area (Å²) in [6.45, 7) is 3.85. The summed E-state index contributed by atoms with van der Waals surface area (Å²) in [7, 11) is 0. The molecule has 0 aliphatic carbocycles. The second kappa shape index (κ2) is 4.56. The molecule has 1 aromatic carbocycles. The monoisotopic (exact) mass is 249 g/mol. The molecule has 0 unspecified atom stereocenters. The van der Waals surface area contributed by atoms with Gasteiger partial charge in [-0.1, -0.05) is 0 Å². The van der Waals surface area contributed by atoms with Crippen LogP contribution in [0.15, 0.2) is 18.2 Å². The zero-order valence-corrected chi connectivity index (χ0v) is 10.0. The number of carbonyl (C=O) groups is 1. The van der Waals surface area contributed by atoms with Crippen molar-refractivity contribution in [2.75, 3.05) is 0 Å². The number of benzene rings is 1. The molecular weight excluding hydrogens is 237 g/mol. The van der Waals surface area contributed by atoms with Crippen molar-refractivity contribution >= 4 is 5.97 Å². The largest absolute Gasteiger partial charge is 0.478 e. The molecule has 0 aliphatic rings. The van der Waals surface area contributed by atoms with Crippen LogP contribution in [-0.2, 0) is 6.54 Å². The maximum absolute atomic E-state index is 13.3. The topological polar surface area (TPSA) is 68.0 Å². The van der Waals surface area contributed by atoms with Crippen LogP contribution in [0.3, 0.4) is 0 Å². The van der Waals surface area contributed by atoms with Gasteiger partial charge in [0.15, 0.2) is 0 Å². The van der Waals surface area contributed by atoms with Gasteiger partial charge in [-0.05, 0) is 37.6 Å². The van der Waals surface area contributed by atoms with Crippen LogP contribution in [0, 0.1) is 19.7 Å². The van der Waals surface area contributed by atoms with Gasteiger partial charge in [0.2, 0.25) is 0 Å². The second-order valence-corrected chi connectivity index (χ2v) is 4.02. The summed E-state index contributed by atoms with van der Waals surface area (Å²) in [5.41, 5.74) is 0.472. The first-order valence-electron chi connectivity index (χ1n) is 5.36. The quantitative estimate of drug-likeness (QED) is 0.900. The minimum absolute atomic E-state index is 0.0699. The molecule has 1 heterocycles. The number of carboxylic acids is 1. The third-order valence-electron chi connectivity index (χ3n) is 2.50. The normalized spacial score (nSPS) is 10.6. The molecule has 0 aliphatic heterocycles. The average Bonchev–Trinajstić information content (AvgIpc) is 2.56. The molecule has 2 aromatic rings. The Labute approximate surface area is 103 Å². The third kappa shape index (κ3) is 2.53. The second-order valence-electron chi connectivity index (χ2n) is 4.02. The predicted octanol–water partition coefficient (Wildman–Crippen LogP) is 1.78. The average molecular weight is 249 g/mol. The molecule has 0 fully saturated rings. The van der Waals surface area contributed by atoms with Crippen molar-refractivity contribution in [1.29, 1.82) is 0 Å². The van der Waals surface area contributed by atoms with Gasteiger partial charge >= 0.3 is 5.97 Å².